The second-order valence-corrected chi connectivity index (χ2v) is 5.44. The summed E-state index contributed by atoms with van der Waals surface area (Å²) in [7, 11) is 0. The number of anilines is 1. The first kappa shape index (κ1) is 13.9. The number of benzene rings is 1. The molecule has 104 valence electrons. The van der Waals surface area contributed by atoms with Gasteiger partial charge in [-0.3, -0.25) is 4.79 Å². The highest BCUT2D eigenvalue weighted by atomic mass is 16.3. The summed E-state index contributed by atoms with van der Waals surface area (Å²) < 4.78 is 0. The van der Waals surface area contributed by atoms with Crippen molar-refractivity contribution in [2.75, 3.05) is 18.4 Å². The number of amides is 1. The Bertz CT molecular complexity index is 451. The van der Waals surface area contributed by atoms with Gasteiger partial charge in [-0.2, -0.15) is 0 Å². The van der Waals surface area contributed by atoms with E-state index in [0.717, 1.165) is 25.9 Å². The van der Waals surface area contributed by atoms with Crippen LogP contribution in [0.15, 0.2) is 18.2 Å². The van der Waals surface area contributed by atoms with E-state index >= 15 is 0 Å². The lowest BCUT2D eigenvalue weighted by molar-refractivity contribution is -0.118. The van der Waals surface area contributed by atoms with E-state index < -0.39 is 0 Å². The summed E-state index contributed by atoms with van der Waals surface area (Å²) in [6.45, 7) is 5.73. The molecule has 0 atom stereocenters. The maximum Gasteiger partial charge on any atom is 0.227 e. The predicted molar refractivity (Wildman–Crippen MR) is 76.4 cm³/mol. The third kappa shape index (κ3) is 3.47. The second-order valence-electron chi connectivity index (χ2n) is 5.44. The number of piperidine rings is 1. The molecule has 4 nitrogen and oxygen atoms in total. The van der Waals surface area contributed by atoms with E-state index in [9.17, 15) is 9.90 Å². The minimum atomic E-state index is -0.0954. The Labute approximate surface area is 114 Å². The quantitative estimate of drug-likeness (QED) is 0.733. The minimum Gasteiger partial charge on any atom is -0.506 e. The molecule has 0 bridgehead atoms. The number of rotatable bonds is 3. The minimum absolute atomic E-state index is 0.0715. The molecule has 0 unspecified atom stereocenters. The van der Waals surface area contributed by atoms with Crippen LogP contribution in [0.4, 0.5) is 5.69 Å². The van der Waals surface area contributed by atoms with Gasteiger partial charge in [-0.25, -0.2) is 0 Å². The number of aromatic hydroxyl groups is 1. The van der Waals surface area contributed by atoms with Gasteiger partial charge in [0, 0.05) is 5.92 Å². The monoisotopic (exact) mass is 262 g/mol. The van der Waals surface area contributed by atoms with Crippen LogP contribution in [0.5, 0.6) is 5.75 Å². The molecular formula is C15H22N2O2. The van der Waals surface area contributed by atoms with E-state index in [1.54, 1.807) is 6.07 Å². The topological polar surface area (TPSA) is 61.4 Å². The number of carbonyl (C=O) groups is 1. The molecular weight excluding hydrogens is 240 g/mol. The number of hydrogen-bond acceptors (Lipinski definition) is 3. The van der Waals surface area contributed by atoms with E-state index in [0.29, 0.717) is 11.6 Å². The van der Waals surface area contributed by atoms with Gasteiger partial charge in [0.15, 0.2) is 0 Å². The first-order valence-electron chi connectivity index (χ1n) is 6.92. The third-order valence-electron chi connectivity index (χ3n) is 3.61. The van der Waals surface area contributed by atoms with E-state index in [4.69, 9.17) is 0 Å². The smallest absolute Gasteiger partial charge is 0.227 e. The molecule has 1 saturated heterocycles. The summed E-state index contributed by atoms with van der Waals surface area (Å²) in [5.74, 6) is 0.475. The molecule has 0 aromatic heterocycles. The average molecular weight is 262 g/mol. The molecule has 1 aliphatic heterocycles. The van der Waals surface area contributed by atoms with Crippen LogP contribution in [-0.4, -0.2) is 24.1 Å². The summed E-state index contributed by atoms with van der Waals surface area (Å²) in [5.41, 5.74) is 1.72. The largest absolute Gasteiger partial charge is 0.506 e. The first-order valence-corrected chi connectivity index (χ1v) is 6.92. The fourth-order valence-corrected chi connectivity index (χ4v) is 2.34. The molecule has 1 aliphatic rings. The zero-order chi connectivity index (χ0) is 13.8. The number of nitrogens with one attached hydrogen (secondary N) is 2. The van der Waals surface area contributed by atoms with Crippen LogP contribution in [0, 0.1) is 5.92 Å². The van der Waals surface area contributed by atoms with Crippen molar-refractivity contribution >= 4 is 11.6 Å². The SMILES string of the molecule is CC(C)C(=O)Nc1cc(C2CCNCC2)ccc1O. The standard InChI is InChI=1S/C15H22N2O2/c1-10(2)15(19)17-13-9-12(3-4-14(13)18)11-5-7-16-8-6-11/h3-4,9-11,16,18H,5-8H2,1-2H3,(H,17,19). The maximum atomic E-state index is 11.7. The summed E-state index contributed by atoms with van der Waals surface area (Å²) in [4.78, 5) is 11.7. The van der Waals surface area contributed by atoms with Crippen molar-refractivity contribution < 1.29 is 9.90 Å². The molecule has 19 heavy (non-hydrogen) atoms. The van der Waals surface area contributed by atoms with Crippen molar-refractivity contribution in [1.29, 1.82) is 0 Å². The number of phenols is 1. The van der Waals surface area contributed by atoms with Crippen molar-refractivity contribution in [2.45, 2.75) is 32.6 Å². The molecule has 2 rings (SSSR count). The van der Waals surface area contributed by atoms with Gasteiger partial charge in [0.25, 0.3) is 0 Å². The molecule has 1 amide bonds. The third-order valence-corrected chi connectivity index (χ3v) is 3.61. The lowest BCUT2D eigenvalue weighted by Crippen LogP contribution is -2.26. The lowest BCUT2D eigenvalue weighted by Gasteiger charge is -2.23. The average Bonchev–Trinajstić information content (AvgIpc) is 2.42. The van der Waals surface area contributed by atoms with Crippen molar-refractivity contribution in [1.82, 2.24) is 5.32 Å². The second kappa shape index (κ2) is 6.06. The van der Waals surface area contributed by atoms with Crippen LogP contribution in [0.3, 0.4) is 0 Å². The van der Waals surface area contributed by atoms with Crippen molar-refractivity contribution in [3.05, 3.63) is 23.8 Å². The summed E-state index contributed by atoms with van der Waals surface area (Å²) in [6.07, 6.45) is 2.20. The Morgan fingerprint density at radius 1 is 1.37 bits per heavy atom. The predicted octanol–water partition coefficient (Wildman–Crippen LogP) is 2.45. The fraction of sp³-hybridized carbons (Fsp3) is 0.533. The molecule has 3 N–H and O–H groups in total. The van der Waals surface area contributed by atoms with Crippen LogP contribution in [0.2, 0.25) is 0 Å². The van der Waals surface area contributed by atoms with Gasteiger partial charge in [0.2, 0.25) is 5.91 Å². The molecule has 1 fully saturated rings. The summed E-state index contributed by atoms with van der Waals surface area (Å²) in [6, 6.07) is 5.54. The molecule has 0 saturated carbocycles. The maximum absolute atomic E-state index is 11.7. The molecule has 0 radical (unpaired) electrons. The van der Waals surface area contributed by atoms with Gasteiger partial charge in [0.05, 0.1) is 5.69 Å². The molecule has 0 aliphatic carbocycles. The van der Waals surface area contributed by atoms with Gasteiger partial charge < -0.3 is 15.7 Å². The van der Waals surface area contributed by atoms with E-state index in [2.05, 4.69) is 10.6 Å². The number of carbonyl (C=O) groups excluding carboxylic acids is 1. The first-order chi connectivity index (χ1) is 9.08. The Balaban J connectivity index is 2.16. The van der Waals surface area contributed by atoms with Crippen molar-refractivity contribution in [3.63, 3.8) is 0 Å². The summed E-state index contributed by atoms with van der Waals surface area (Å²) >= 11 is 0. The summed E-state index contributed by atoms with van der Waals surface area (Å²) in [5, 5.41) is 16.0. The van der Waals surface area contributed by atoms with Crippen LogP contribution >= 0.6 is 0 Å². The van der Waals surface area contributed by atoms with Gasteiger partial charge in [-0.15, -0.1) is 0 Å². The van der Waals surface area contributed by atoms with Crippen LogP contribution in [0.25, 0.3) is 0 Å². The molecule has 1 aromatic carbocycles. The highest BCUT2D eigenvalue weighted by Gasteiger charge is 2.17. The Kier molecular flexibility index (Phi) is 4.43. The van der Waals surface area contributed by atoms with Crippen LogP contribution < -0.4 is 10.6 Å². The Hall–Kier alpha value is -1.55. The van der Waals surface area contributed by atoms with Gasteiger partial charge >= 0.3 is 0 Å². The zero-order valence-corrected chi connectivity index (χ0v) is 11.6. The van der Waals surface area contributed by atoms with Gasteiger partial charge in [-0.05, 0) is 49.5 Å². The Morgan fingerprint density at radius 3 is 2.68 bits per heavy atom. The van der Waals surface area contributed by atoms with Crippen molar-refractivity contribution in [2.24, 2.45) is 5.92 Å². The van der Waals surface area contributed by atoms with Crippen LogP contribution in [0.1, 0.15) is 38.2 Å². The normalized spacial score (nSPS) is 16.6. The Morgan fingerprint density at radius 2 is 2.05 bits per heavy atom. The molecule has 1 aromatic rings. The van der Waals surface area contributed by atoms with E-state index in [-0.39, 0.29) is 17.6 Å². The highest BCUT2D eigenvalue weighted by Crippen LogP contribution is 2.31. The number of hydrogen-bond donors (Lipinski definition) is 3. The fourth-order valence-electron chi connectivity index (χ4n) is 2.34. The molecule has 0 spiro atoms. The van der Waals surface area contributed by atoms with Crippen molar-refractivity contribution in [3.8, 4) is 5.75 Å². The highest BCUT2D eigenvalue weighted by molar-refractivity contribution is 5.93. The van der Waals surface area contributed by atoms with Gasteiger partial charge in [-0.1, -0.05) is 19.9 Å². The lowest BCUT2D eigenvalue weighted by atomic mass is 9.90. The zero-order valence-electron chi connectivity index (χ0n) is 11.6. The van der Waals surface area contributed by atoms with Crippen LogP contribution in [-0.2, 0) is 4.79 Å². The van der Waals surface area contributed by atoms with Gasteiger partial charge in [0.1, 0.15) is 5.75 Å². The molecule has 4 heteroatoms. The molecule has 1 heterocycles. The number of phenolic OH excluding ortho intramolecular Hbond substituents is 1. The van der Waals surface area contributed by atoms with E-state index in [1.807, 2.05) is 26.0 Å². The van der Waals surface area contributed by atoms with E-state index in [1.165, 1.54) is 5.56 Å².